The number of methoxy groups -OCH3 is 1. The SMILES string of the molecule is CCN(CCC1CNCCO1)C(C)COC. The van der Waals surface area contributed by atoms with Crippen molar-refractivity contribution in [3.63, 3.8) is 0 Å². The highest BCUT2D eigenvalue weighted by molar-refractivity contribution is 4.71. The van der Waals surface area contributed by atoms with E-state index in [4.69, 9.17) is 9.47 Å². The van der Waals surface area contributed by atoms with Gasteiger partial charge in [-0.05, 0) is 19.9 Å². The molecule has 16 heavy (non-hydrogen) atoms. The van der Waals surface area contributed by atoms with Crippen molar-refractivity contribution < 1.29 is 9.47 Å². The third-order valence-corrected chi connectivity index (χ3v) is 3.18. The van der Waals surface area contributed by atoms with E-state index in [1.54, 1.807) is 7.11 Å². The summed E-state index contributed by atoms with van der Waals surface area (Å²) in [6.45, 7) is 10.2. The Kier molecular flexibility index (Phi) is 6.96. The van der Waals surface area contributed by atoms with E-state index >= 15 is 0 Å². The van der Waals surface area contributed by atoms with Crippen LogP contribution in [0.3, 0.4) is 0 Å². The fourth-order valence-electron chi connectivity index (χ4n) is 2.15. The molecular weight excluding hydrogens is 204 g/mol. The molecule has 0 radical (unpaired) electrons. The van der Waals surface area contributed by atoms with Crippen molar-refractivity contribution in [3.8, 4) is 0 Å². The third-order valence-electron chi connectivity index (χ3n) is 3.18. The molecule has 0 bridgehead atoms. The minimum atomic E-state index is 0.387. The molecule has 1 N–H and O–H groups in total. The Morgan fingerprint density at radius 1 is 1.56 bits per heavy atom. The molecule has 0 saturated carbocycles. The fourth-order valence-corrected chi connectivity index (χ4v) is 2.15. The van der Waals surface area contributed by atoms with Crippen LogP contribution in [0.15, 0.2) is 0 Å². The summed E-state index contributed by atoms with van der Waals surface area (Å²) < 4.78 is 10.9. The number of likely N-dealkylation sites (N-methyl/N-ethyl adjacent to an activating group) is 1. The average molecular weight is 230 g/mol. The van der Waals surface area contributed by atoms with Crippen LogP contribution in [0.1, 0.15) is 20.3 Å². The molecule has 2 atom stereocenters. The summed E-state index contributed by atoms with van der Waals surface area (Å²) in [5, 5.41) is 3.36. The van der Waals surface area contributed by atoms with Crippen molar-refractivity contribution in [2.24, 2.45) is 0 Å². The van der Waals surface area contributed by atoms with Gasteiger partial charge in [0.1, 0.15) is 0 Å². The number of hydrogen-bond acceptors (Lipinski definition) is 4. The van der Waals surface area contributed by atoms with E-state index in [-0.39, 0.29) is 0 Å². The molecule has 1 fully saturated rings. The Morgan fingerprint density at radius 3 is 2.94 bits per heavy atom. The molecule has 4 heteroatoms. The first-order chi connectivity index (χ1) is 7.77. The maximum Gasteiger partial charge on any atom is 0.0712 e. The number of morpholine rings is 1. The van der Waals surface area contributed by atoms with Crippen LogP contribution in [-0.2, 0) is 9.47 Å². The first kappa shape index (κ1) is 13.9. The van der Waals surface area contributed by atoms with Crippen LogP contribution < -0.4 is 5.32 Å². The molecule has 1 heterocycles. The van der Waals surface area contributed by atoms with Gasteiger partial charge in [0.25, 0.3) is 0 Å². The smallest absolute Gasteiger partial charge is 0.0712 e. The molecule has 96 valence electrons. The molecule has 0 aromatic heterocycles. The summed E-state index contributed by atoms with van der Waals surface area (Å²) in [5.74, 6) is 0. The summed E-state index contributed by atoms with van der Waals surface area (Å²) in [4.78, 5) is 2.45. The molecule has 0 aliphatic carbocycles. The number of nitrogens with one attached hydrogen (secondary N) is 1. The average Bonchev–Trinajstić information content (AvgIpc) is 2.31. The Hall–Kier alpha value is -0.160. The van der Waals surface area contributed by atoms with Crippen molar-refractivity contribution in [3.05, 3.63) is 0 Å². The molecule has 1 rings (SSSR count). The summed E-state index contributed by atoms with van der Waals surface area (Å²) in [6.07, 6.45) is 1.49. The highest BCUT2D eigenvalue weighted by Crippen LogP contribution is 2.06. The first-order valence-electron chi connectivity index (χ1n) is 6.33. The van der Waals surface area contributed by atoms with Gasteiger partial charge in [-0.3, -0.25) is 4.90 Å². The van der Waals surface area contributed by atoms with Crippen LogP contribution >= 0.6 is 0 Å². The Morgan fingerprint density at radius 2 is 2.38 bits per heavy atom. The van der Waals surface area contributed by atoms with Gasteiger partial charge in [0.15, 0.2) is 0 Å². The van der Waals surface area contributed by atoms with Crippen molar-refractivity contribution >= 4 is 0 Å². The zero-order chi connectivity index (χ0) is 11.8. The normalized spacial score (nSPS) is 23.6. The lowest BCUT2D eigenvalue weighted by Gasteiger charge is -2.30. The van der Waals surface area contributed by atoms with Crippen molar-refractivity contribution in [2.75, 3.05) is 46.5 Å². The van der Waals surface area contributed by atoms with Crippen molar-refractivity contribution in [1.29, 1.82) is 0 Å². The maximum absolute atomic E-state index is 5.69. The molecule has 0 aromatic rings. The second kappa shape index (κ2) is 8.01. The second-order valence-electron chi connectivity index (χ2n) is 4.42. The van der Waals surface area contributed by atoms with E-state index in [1.807, 2.05) is 0 Å². The molecule has 4 nitrogen and oxygen atoms in total. The first-order valence-corrected chi connectivity index (χ1v) is 6.33. The van der Waals surface area contributed by atoms with Crippen LogP contribution in [0, 0.1) is 0 Å². The minimum Gasteiger partial charge on any atom is -0.383 e. The lowest BCUT2D eigenvalue weighted by Crippen LogP contribution is -2.42. The largest absolute Gasteiger partial charge is 0.383 e. The molecule has 1 saturated heterocycles. The highest BCUT2D eigenvalue weighted by Gasteiger charge is 2.17. The highest BCUT2D eigenvalue weighted by atomic mass is 16.5. The van der Waals surface area contributed by atoms with Gasteiger partial charge in [-0.1, -0.05) is 6.92 Å². The fraction of sp³-hybridized carbons (Fsp3) is 1.00. The summed E-state index contributed by atoms with van der Waals surface area (Å²) in [6, 6.07) is 0.492. The third kappa shape index (κ3) is 4.78. The van der Waals surface area contributed by atoms with Gasteiger partial charge in [0, 0.05) is 32.8 Å². The van der Waals surface area contributed by atoms with Gasteiger partial charge in [0.05, 0.1) is 19.3 Å². The predicted octanol–water partition coefficient (Wildman–Crippen LogP) is 0.722. The molecule has 1 aliphatic rings. The molecule has 1 aliphatic heterocycles. The Bertz CT molecular complexity index is 172. The van der Waals surface area contributed by atoms with E-state index < -0.39 is 0 Å². The van der Waals surface area contributed by atoms with Crippen LogP contribution in [0.2, 0.25) is 0 Å². The monoisotopic (exact) mass is 230 g/mol. The van der Waals surface area contributed by atoms with Crippen LogP contribution in [-0.4, -0.2) is 63.5 Å². The Balaban J connectivity index is 2.21. The van der Waals surface area contributed by atoms with Gasteiger partial charge < -0.3 is 14.8 Å². The minimum absolute atomic E-state index is 0.387. The topological polar surface area (TPSA) is 33.7 Å². The van der Waals surface area contributed by atoms with E-state index in [9.17, 15) is 0 Å². The van der Waals surface area contributed by atoms with Crippen LogP contribution in [0.25, 0.3) is 0 Å². The van der Waals surface area contributed by atoms with E-state index in [0.717, 1.165) is 45.8 Å². The number of rotatable bonds is 7. The summed E-state index contributed by atoms with van der Waals surface area (Å²) >= 11 is 0. The standard InChI is InChI=1S/C12H26N2O2/c1-4-14(11(2)10-15-3)7-5-12-9-13-6-8-16-12/h11-13H,4-10H2,1-3H3. The molecular formula is C12H26N2O2. The molecule has 0 spiro atoms. The van der Waals surface area contributed by atoms with Crippen LogP contribution in [0.4, 0.5) is 0 Å². The number of ether oxygens (including phenoxy) is 2. The second-order valence-corrected chi connectivity index (χ2v) is 4.42. The van der Waals surface area contributed by atoms with Gasteiger partial charge in [-0.2, -0.15) is 0 Å². The lowest BCUT2D eigenvalue weighted by molar-refractivity contribution is 0.0118. The zero-order valence-corrected chi connectivity index (χ0v) is 10.9. The summed E-state index contributed by atoms with van der Waals surface area (Å²) in [7, 11) is 1.76. The van der Waals surface area contributed by atoms with Crippen molar-refractivity contribution in [1.82, 2.24) is 10.2 Å². The quantitative estimate of drug-likeness (QED) is 0.699. The number of hydrogen-bond donors (Lipinski definition) is 1. The number of nitrogens with zero attached hydrogens (tertiary/aromatic N) is 1. The van der Waals surface area contributed by atoms with Crippen molar-refractivity contribution in [2.45, 2.75) is 32.4 Å². The zero-order valence-electron chi connectivity index (χ0n) is 10.9. The van der Waals surface area contributed by atoms with Gasteiger partial charge in [0.2, 0.25) is 0 Å². The molecule has 2 unspecified atom stereocenters. The van der Waals surface area contributed by atoms with E-state index in [2.05, 4.69) is 24.1 Å². The van der Waals surface area contributed by atoms with E-state index in [0.29, 0.717) is 12.1 Å². The van der Waals surface area contributed by atoms with Gasteiger partial charge in [-0.25, -0.2) is 0 Å². The van der Waals surface area contributed by atoms with Crippen LogP contribution in [0.5, 0.6) is 0 Å². The Labute approximate surface area is 99.3 Å². The molecule has 0 aromatic carbocycles. The van der Waals surface area contributed by atoms with Gasteiger partial charge in [-0.15, -0.1) is 0 Å². The van der Waals surface area contributed by atoms with Gasteiger partial charge >= 0.3 is 0 Å². The maximum atomic E-state index is 5.69. The summed E-state index contributed by atoms with van der Waals surface area (Å²) in [5.41, 5.74) is 0. The molecule has 0 amide bonds. The lowest BCUT2D eigenvalue weighted by atomic mass is 10.2. The van der Waals surface area contributed by atoms with E-state index in [1.165, 1.54) is 0 Å². The predicted molar refractivity (Wildman–Crippen MR) is 65.8 cm³/mol.